The van der Waals surface area contributed by atoms with Crippen LogP contribution in [0.5, 0.6) is 5.75 Å². The van der Waals surface area contributed by atoms with E-state index < -0.39 is 6.10 Å². The number of carbonyl (C=O) groups is 1. The summed E-state index contributed by atoms with van der Waals surface area (Å²) in [6.45, 7) is 4.12. The summed E-state index contributed by atoms with van der Waals surface area (Å²) in [7, 11) is 0. The number of ether oxygens (including phenoxy) is 1. The number of nitrogens with one attached hydrogen (secondary N) is 1. The summed E-state index contributed by atoms with van der Waals surface area (Å²) >= 11 is 0. The molecule has 0 bridgehead atoms. The van der Waals surface area contributed by atoms with Gasteiger partial charge in [0.05, 0.1) is 6.10 Å². The van der Waals surface area contributed by atoms with Crippen molar-refractivity contribution < 1.29 is 19.0 Å². The van der Waals surface area contributed by atoms with E-state index in [0.29, 0.717) is 11.7 Å². The summed E-state index contributed by atoms with van der Waals surface area (Å²) in [6, 6.07) is 13.1. The van der Waals surface area contributed by atoms with Gasteiger partial charge in [-0.2, -0.15) is 0 Å². The van der Waals surface area contributed by atoms with Gasteiger partial charge in [-0.25, -0.2) is 4.39 Å². The molecule has 0 aromatic heterocycles. The first-order valence-corrected chi connectivity index (χ1v) is 7.88. The minimum Gasteiger partial charge on any atom is -0.484 e. The van der Waals surface area contributed by atoms with Crippen molar-refractivity contribution >= 4 is 5.91 Å². The number of hydrogen-bond acceptors (Lipinski definition) is 3. The van der Waals surface area contributed by atoms with E-state index in [2.05, 4.69) is 19.2 Å². The lowest BCUT2D eigenvalue weighted by molar-refractivity contribution is -0.123. The maximum atomic E-state index is 12.8. The van der Waals surface area contributed by atoms with Gasteiger partial charge in [-0.3, -0.25) is 4.79 Å². The highest BCUT2D eigenvalue weighted by atomic mass is 19.1. The maximum absolute atomic E-state index is 12.8. The van der Waals surface area contributed by atoms with E-state index in [0.717, 1.165) is 5.56 Å². The largest absolute Gasteiger partial charge is 0.484 e. The van der Waals surface area contributed by atoms with Gasteiger partial charge in [0, 0.05) is 6.54 Å². The number of aliphatic hydroxyl groups excluding tert-OH is 1. The molecule has 0 saturated heterocycles. The van der Waals surface area contributed by atoms with Crippen molar-refractivity contribution in [2.45, 2.75) is 25.9 Å². The Hall–Kier alpha value is -2.40. The SMILES string of the molecule is CC(C)c1ccc(C(O)CNC(=O)COc2ccc(F)cc2)cc1. The van der Waals surface area contributed by atoms with Crippen molar-refractivity contribution in [2.75, 3.05) is 13.2 Å². The second-order valence-corrected chi connectivity index (χ2v) is 5.88. The predicted octanol–water partition coefficient (Wildman–Crippen LogP) is 3.18. The summed E-state index contributed by atoms with van der Waals surface area (Å²) in [6.07, 6.45) is -0.777. The first-order chi connectivity index (χ1) is 11.5. The lowest BCUT2D eigenvalue weighted by atomic mass is 10.00. The molecule has 0 aliphatic heterocycles. The van der Waals surface area contributed by atoms with Gasteiger partial charge in [-0.1, -0.05) is 38.1 Å². The smallest absolute Gasteiger partial charge is 0.258 e. The quantitative estimate of drug-likeness (QED) is 0.819. The molecule has 1 amide bonds. The van der Waals surface area contributed by atoms with Crippen molar-refractivity contribution in [3.05, 3.63) is 65.5 Å². The highest BCUT2D eigenvalue weighted by molar-refractivity contribution is 5.77. The third-order valence-corrected chi connectivity index (χ3v) is 3.66. The van der Waals surface area contributed by atoms with Gasteiger partial charge in [0.2, 0.25) is 0 Å². The summed E-state index contributed by atoms with van der Waals surface area (Å²) in [5.41, 5.74) is 1.95. The lowest BCUT2D eigenvalue weighted by Gasteiger charge is -2.14. The van der Waals surface area contributed by atoms with Crippen LogP contribution in [0.3, 0.4) is 0 Å². The van der Waals surface area contributed by atoms with E-state index >= 15 is 0 Å². The van der Waals surface area contributed by atoms with Crippen LogP contribution in [0.15, 0.2) is 48.5 Å². The first-order valence-electron chi connectivity index (χ1n) is 7.88. The highest BCUT2D eigenvalue weighted by Crippen LogP contribution is 2.18. The zero-order valence-corrected chi connectivity index (χ0v) is 13.8. The molecule has 1 atom stereocenters. The Morgan fingerprint density at radius 1 is 1.08 bits per heavy atom. The fourth-order valence-electron chi connectivity index (χ4n) is 2.16. The maximum Gasteiger partial charge on any atom is 0.258 e. The van der Waals surface area contributed by atoms with E-state index in [9.17, 15) is 14.3 Å². The Bertz CT molecular complexity index is 653. The molecule has 2 aromatic carbocycles. The molecule has 24 heavy (non-hydrogen) atoms. The molecule has 4 nitrogen and oxygen atoms in total. The Morgan fingerprint density at radius 2 is 1.67 bits per heavy atom. The fourth-order valence-corrected chi connectivity index (χ4v) is 2.16. The Morgan fingerprint density at radius 3 is 2.25 bits per heavy atom. The molecule has 1 unspecified atom stereocenters. The molecule has 0 aliphatic rings. The number of carbonyl (C=O) groups excluding carboxylic acids is 1. The molecule has 128 valence electrons. The Balaban J connectivity index is 1.77. The molecule has 2 N–H and O–H groups in total. The van der Waals surface area contributed by atoms with Gasteiger partial charge < -0.3 is 15.2 Å². The highest BCUT2D eigenvalue weighted by Gasteiger charge is 2.10. The van der Waals surface area contributed by atoms with Crippen LogP contribution in [-0.4, -0.2) is 24.2 Å². The van der Waals surface area contributed by atoms with Crippen molar-refractivity contribution in [3.63, 3.8) is 0 Å². The van der Waals surface area contributed by atoms with Crippen molar-refractivity contribution in [1.82, 2.24) is 5.32 Å². The van der Waals surface area contributed by atoms with E-state index in [1.54, 1.807) is 0 Å². The van der Waals surface area contributed by atoms with Crippen LogP contribution in [0, 0.1) is 5.82 Å². The van der Waals surface area contributed by atoms with Gasteiger partial charge >= 0.3 is 0 Å². The summed E-state index contributed by atoms with van der Waals surface area (Å²) in [4.78, 5) is 11.7. The lowest BCUT2D eigenvalue weighted by Crippen LogP contribution is -2.32. The molecule has 0 aliphatic carbocycles. The molecule has 0 spiro atoms. The van der Waals surface area contributed by atoms with Crippen LogP contribution >= 0.6 is 0 Å². The van der Waals surface area contributed by atoms with E-state index in [1.807, 2.05) is 24.3 Å². The second-order valence-electron chi connectivity index (χ2n) is 5.88. The molecule has 0 saturated carbocycles. The van der Waals surface area contributed by atoms with Gasteiger partial charge in [0.15, 0.2) is 6.61 Å². The molecule has 5 heteroatoms. The summed E-state index contributed by atoms with van der Waals surface area (Å²) < 4.78 is 18.0. The molecular weight excluding hydrogens is 309 g/mol. The van der Waals surface area contributed by atoms with E-state index in [4.69, 9.17) is 4.74 Å². The van der Waals surface area contributed by atoms with E-state index in [1.165, 1.54) is 29.8 Å². The van der Waals surface area contributed by atoms with Crippen molar-refractivity contribution in [2.24, 2.45) is 0 Å². The third kappa shape index (κ3) is 5.35. The van der Waals surface area contributed by atoms with Gasteiger partial charge in [-0.15, -0.1) is 0 Å². The van der Waals surface area contributed by atoms with Crippen molar-refractivity contribution in [1.29, 1.82) is 0 Å². The number of hydrogen-bond donors (Lipinski definition) is 2. The fraction of sp³-hybridized carbons (Fsp3) is 0.316. The average Bonchev–Trinajstić information content (AvgIpc) is 2.59. The third-order valence-electron chi connectivity index (χ3n) is 3.66. The number of benzene rings is 2. The van der Waals surface area contributed by atoms with Crippen LogP contribution in [0.25, 0.3) is 0 Å². The van der Waals surface area contributed by atoms with E-state index in [-0.39, 0.29) is 24.9 Å². The standard InChI is InChI=1S/C19H22FNO3/c1-13(2)14-3-5-15(6-4-14)18(22)11-21-19(23)12-24-17-9-7-16(20)8-10-17/h3-10,13,18,22H,11-12H2,1-2H3,(H,21,23). The minimum atomic E-state index is -0.777. The number of rotatable bonds is 7. The average molecular weight is 331 g/mol. The minimum absolute atomic E-state index is 0.104. The normalized spacial score (nSPS) is 12.0. The monoisotopic (exact) mass is 331 g/mol. The zero-order chi connectivity index (χ0) is 17.5. The molecule has 0 fully saturated rings. The summed E-state index contributed by atoms with van der Waals surface area (Å²) in [5.74, 6) is 0.131. The Labute approximate surface area is 141 Å². The zero-order valence-electron chi connectivity index (χ0n) is 13.8. The summed E-state index contributed by atoms with van der Waals surface area (Å²) in [5, 5.41) is 12.7. The predicted molar refractivity (Wildman–Crippen MR) is 90.4 cm³/mol. The van der Waals surface area contributed by atoms with Gasteiger partial charge in [0.25, 0.3) is 5.91 Å². The number of amides is 1. The number of halogens is 1. The van der Waals surface area contributed by atoms with Crippen molar-refractivity contribution in [3.8, 4) is 5.75 Å². The topological polar surface area (TPSA) is 58.6 Å². The molecule has 2 aromatic rings. The van der Waals surface area contributed by atoms with Crippen LogP contribution < -0.4 is 10.1 Å². The first kappa shape index (κ1) is 17.9. The van der Waals surface area contributed by atoms with Crippen LogP contribution in [0.1, 0.15) is 37.0 Å². The second kappa shape index (κ2) is 8.45. The van der Waals surface area contributed by atoms with Crippen LogP contribution in [0.2, 0.25) is 0 Å². The van der Waals surface area contributed by atoms with Crippen LogP contribution in [-0.2, 0) is 4.79 Å². The Kier molecular flexibility index (Phi) is 6.32. The van der Waals surface area contributed by atoms with Crippen LogP contribution in [0.4, 0.5) is 4.39 Å². The van der Waals surface area contributed by atoms with Gasteiger partial charge in [0.1, 0.15) is 11.6 Å². The van der Waals surface area contributed by atoms with Gasteiger partial charge in [-0.05, 0) is 41.3 Å². The molecule has 2 rings (SSSR count). The molecule has 0 heterocycles. The molecular formula is C19H22FNO3. The molecule has 0 radical (unpaired) electrons. The number of aliphatic hydroxyl groups is 1.